The number of hydrogen-bond donors (Lipinski definition) is 3. The molecule has 1 unspecified atom stereocenters. The van der Waals surface area contributed by atoms with E-state index >= 15 is 0 Å². The number of carbonyl (C=O) groups excluding carboxylic acids is 1. The number of nitrogens with two attached hydrogens (primary N) is 2. The predicted octanol–water partition coefficient (Wildman–Crippen LogP) is -1.68. The highest BCUT2D eigenvalue weighted by Gasteiger charge is 2.21. The highest BCUT2D eigenvalue weighted by molar-refractivity contribution is 5.87. The number of likely N-dealkylation sites (N-methyl/N-ethyl adjacent to an activating group) is 1. The number of ketones is 1. The van der Waals surface area contributed by atoms with E-state index in [1.54, 1.807) is 0 Å². The minimum Gasteiger partial charge on any atom is -0.379 e. The van der Waals surface area contributed by atoms with Crippen LogP contribution in [0, 0.1) is 0 Å². The number of nitrogens with zero attached hydrogens (tertiary/aromatic N) is 2. The first-order valence-corrected chi connectivity index (χ1v) is 4.29. The van der Waals surface area contributed by atoms with Gasteiger partial charge in [0.25, 0.3) is 0 Å². The molecule has 0 aliphatic carbocycles. The molecule has 15 heavy (non-hydrogen) atoms. The van der Waals surface area contributed by atoms with E-state index in [9.17, 15) is 9.90 Å². The van der Waals surface area contributed by atoms with Gasteiger partial charge in [0.15, 0.2) is 17.8 Å². The molecule has 0 amide bonds. The van der Waals surface area contributed by atoms with E-state index in [-0.39, 0.29) is 30.7 Å². The van der Waals surface area contributed by atoms with Gasteiger partial charge in [-0.05, 0) is 0 Å². The molecule has 90 valence electrons. The second-order valence-electron chi connectivity index (χ2n) is 4.20. The third-order valence-electron chi connectivity index (χ3n) is 1.51. The SMILES string of the molecule is C[N+](C)(C)CC(O)C(=O)CN=C(N)N.Cl. The van der Waals surface area contributed by atoms with Crippen LogP contribution in [0.3, 0.4) is 0 Å². The second-order valence-corrected chi connectivity index (χ2v) is 4.20. The van der Waals surface area contributed by atoms with Crippen LogP contribution in [-0.2, 0) is 4.79 Å². The summed E-state index contributed by atoms with van der Waals surface area (Å²) in [4.78, 5) is 14.8. The molecule has 0 fully saturated rings. The standard InChI is InChI=1S/C8H19N4O2.ClH/c1-12(2,3)5-7(14)6(13)4-11-8(9)10;/h7,14H,4-5H2,1-3H3,(H4,9,10,11);1H/q+1;. The summed E-state index contributed by atoms with van der Waals surface area (Å²) in [6, 6.07) is 0. The van der Waals surface area contributed by atoms with E-state index in [0.29, 0.717) is 11.0 Å². The average Bonchev–Trinajstić information content (AvgIpc) is 1.96. The van der Waals surface area contributed by atoms with Gasteiger partial charge in [-0.25, -0.2) is 4.99 Å². The zero-order chi connectivity index (χ0) is 11.4. The van der Waals surface area contributed by atoms with Crippen LogP contribution < -0.4 is 11.5 Å². The number of Topliss-reactive ketones (excluding diaryl/α,β-unsaturated/α-hetero) is 1. The van der Waals surface area contributed by atoms with Gasteiger partial charge in [0.2, 0.25) is 0 Å². The van der Waals surface area contributed by atoms with Gasteiger partial charge in [0.05, 0.1) is 21.1 Å². The quantitative estimate of drug-likeness (QED) is 0.303. The topological polar surface area (TPSA) is 102 Å². The lowest BCUT2D eigenvalue weighted by molar-refractivity contribution is -0.872. The van der Waals surface area contributed by atoms with Gasteiger partial charge < -0.3 is 21.1 Å². The molecule has 0 aromatic rings. The summed E-state index contributed by atoms with van der Waals surface area (Å²) in [6.07, 6.45) is -1.02. The van der Waals surface area contributed by atoms with E-state index in [4.69, 9.17) is 11.5 Å². The molecule has 0 bridgehead atoms. The van der Waals surface area contributed by atoms with Crippen molar-refractivity contribution in [2.75, 3.05) is 34.2 Å². The van der Waals surface area contributed by atoms with Gasteiger partial charge in [0, 0.05) is 0 Å². The minimum atomic E-state index is -1.02. The number of halogens is 1. The summed E-state index contributed by atoms with van der Waals surface area (Å²) in [7, 11) is 5.66. The third-order valence-corrected chi connectivity index (χ3v) is 1.51. The molecule has 0 aromatic carbocycles. The molecule has 1 atom stereocenters. The lowest BCUT2D eigenvalue weighted by Crippen LogP contribution is -2.45. The fourth-order valence-corrected chi connectivity index (χ4v) is 0.895. The Morgan fingerprint density at radius 1 is 1.40 bits per heavy atom. The maximum Gasteiger partial charge on any atom is 0.188 e. The lowest BCUT2D eigenvalue weighted by atomic mass is 10.2. The van der Waals surface area contributed by atoms with Crippen molar-refractivity contribution in [3.63, 3.8) is 0 Å². The van der Waals surface area contributed by atoms with Gasteiger partial charge in [-0.1, -0.05) is 0 Å². The smallest absolute Gasteiger partial charge is 0.188 e. The number of guanidine groups is 1. The second kappa shape index (κ2) is 6.60. The molecule has 7 heteroatoms. The van der Waals surface area contributed by atoms with Crippen molar-refractivity contribution in [3.05, 3.63) is 0 Å². The zero-order valence-electron chi connectivity index (χ0n) is 9.30. The van der Waals surface area contributed by atoms with Gasteiger partial charge >= 0.3 is 0 Å². The maximum atomic E-state index is 11.2. The van der Waals surface area contributed by atoms with Crippen molar-refractivity contribution < 1.29 is 14.4 Å². The Morgan fingerprint density at radius 2 is 1.87 bits per heavy atom. The molecule has 5 N–H and O–H groups in total. The van der Waals surface area contributed by atoms with Crippen molar-refractivity contribution >= 4 is 24.1 Å². The summed E-state index contributed by atoms with van der Waals surface area (Å²) >= 11 is 0. The normalized spacial score (nSPS) is 12.5. The van der Waals surface area contributed by atoms with Gasteiger partial charge in [0.1, 0.15) is 13.1 Å². The first-order valence-electron chi connectivity index (χ1n) is 4.29. The van der Waals surface area contributed by atoms with Crippen LogP contribution in [0.25, 0.3) is 0 Å². The molecule has 0 saturated carbocycles. The summed E-state index contributed by atoms with van der Waals surface area (Å²) in [5.41, 5.74) is 10.1. The van der Waals surface area contributed by atoms with Crippen molar-refractivity contribution in [2.24, 2.45) is 16.5 Å². The van der Waals surface area contributed by atoms with E-state index in [1.165, 1.54) is 0 Å². The fourth-order valence-electron chi connectivity index (χ4n) is 0.895. The highest BCUT2D eigenvalue weighted by atomic mass is 35.5. The number of carbonyl (C=O) groups is 1. The molecular formula is C8H20ClN4O2+. The Labute approximate surface area is 95.9 Å². The number of quaternary nitrogens is 1. The number of aliphatic imine (C=N–C) groups is 1. The van der Waals surface area contributed by atoms with E-state index < -0.39 is 6.10 Å². The van der Waals surface area contributed by atoms with Crippen LogP contribution in [0.5, 0.6) is 0 Å². The van der Waals surface area contributed by atoms with Crippen molar-refractivity contribution in [1.82, 2.24) is 0 Å². The first-order chi connectivity index (χ1) is 6.22. The molecule has 6 nitrogen and oxygen atoms in total. The first kappa shape index (κ1) is 16.6. The summed E-state index contributed by atoms with van der Waals surface area (Å²) in [5, 5.41) is 9.45. The van der Waals surface area contributed by atoms with Crippen LogP contribution in [0.2, 0.25) is 0 Å². The molecular weight excluding hydrogens is 220 g/mol. The zero-order valence-corrected chi connectivity index (χ0v) is 10.1. The largest absolute Gasteiger partial charge is 0.379 e. The Hall–Kier alpha value is -0.850. The van der Waals surface area contributed by atoms with Crippen LogP contribution in [0.4, 0.5) is 0 Å². The monoisotopic (exact) mass is 239 g/mol. The number of hydrogen-bond acceptors (Lipinski definition) is 3. The lowest BCUT2D eigenvalue weighted by Gasteiger charge is -2.25. The molecule has 0 spiro atoms. The third kappa shape index (κ3) is 9.45. The predicted molar refractivity (Wildman–Crippen MR) is 61.8 cm³/mol. The van der Waals surface area contributed by atoms with E-state index in [1.807, 2.05) is 21.1 Å². The number of aliphatic hydroxyl groups is 1. The Morgan fingerprint density at radius 3 is 2.20 bits per heavy atom. The summed E-state index contributed by atoms with van der Waals surface area (Å²) in [6.45, 7) is 0.183. The summed E-state index contributed by atoms with van der Waals surface area (Å²) < 4.78 is 0.509. The van der Waals surface area contributed by atoms with Crippen molar-refractivity contribution in [2.45, 2.75) is 6.10 Å². The summed E-state index contributed by atoms with van der Waals surface area (Å²) in [5.74, 6) is -0.512. The minimum absolute atomic E-state index is 0. The maximum absolute atomic E-state index is 11.2. The van der Waals surface area contributed by atoms with Crippen molar-refractivity contribution in [3.8, 4) is 0 Å². The van der Waals surface area contributed by atoms with Crippen LogP contribution in [0.15, 0.2) is 4.99 Å². The molecule has 0 aliphatic heterocycles. The Balaban J connectivity index is 0. The molecule has 0 radical (unpaired) electrons. The van der Waals surface area contributed by atoms with Gasteiger partial charge in [-0.15, -0.1) is 12.4 Å². The Kier molecular flexibility index (Phi) is 7.29. The van der Waals surface area contributed by atoms with Gasteiger partial charge in [-0.2, -0.15) is 0 Å². The fraction of sp³-hybridized carbons (Fsp3) is 0.750. The molecule has 0 aliphatic rings. The van der Waals surface area contributed by atoms with E-state index in [0.717, 1.165) is 0 Å². The van der Waals surface area contributed by atoms with Crippen LogP contribution in [0.1, 0.15) is 0 Å². The Bertz CT molecular complexity index is 233. The van der Waals surface area contributed by atoms with Crippen LogP contribution in [-0.4, -0.2) is 61.7 Å². The van der Waals surface area contributed by atoms with Gasteiger partial charge in [-0.3, -0.25) is 4.79 Å². The number of aliphatic hydroxyl groups excluding tert-OH is 1. The average molecular weight is 240 g/mol. The molecule has 0 heterocycles. The highest BCUT2D eigenvalue weighted by Crippen LogP contribution is 1.96. The van der Waals surface area contributed by atoms with E-state index in [2.05, 4.69) is 4.99 Å². The number of rotatable bonds is 5. The van der Waals surface area contributed by atoms with Crippen LogP contribution >= 0.6 is 12.4 Å². The van der Waals surface area contributed by atoms with Crippen molar-refractivity contribution in [1.29, 1.82) is 0 Å². The molecule has 0 rings (SSSR count). The molecule has 0 aromatic heterocycles. The molecule has 0 saturated heterocycles.